The lowest BCUT2D eigenvalue weighted by Gasteiger charge is -2.33. The van der Waals surface area contributed by atoms with E-state index in [1.807, 2.05) is 41.2 Å². The number of amides is 1. The third-order valence-electron chi connectivity index (χ3n) is 4.28. The van der Waals surface area contributed by atoms with Gasteiger partial charge in [0.15, 0.2) is 0 Å². The highest BCUT2D eigenvalue weighted by Gasteiger charge is 2.18. The third-order valence-corrected chi connectivity index (χ3v) is 4.28. The van der Waals surface area contributed by atoms with Gasteiger partial charge in [0.1, 0.15) is 6.54 Å². The zero-order valence-corrected chi connectivity index (χ0v) is 13.4. The van der Waals surface area contributed by atoms with E-state index in [9.17, 15) is 4.79 Å². The summed E-state index contributed by atoms with van der Waals surface area (Å²) >= 11 is 0. The van der Waals surface area contributed by atoms with Gasteiger partial charge in [-0.1, -0.05) is 0 Å². The number of piperidine rings is 1. The highest BCUT2D eigenvalue weighted by molar-refractivity contribution is 5.90. The van der Waals surface area contributed by atoms with Crippen LogP contribution < -0.4 is 10.2 Å². The molecule has 0 radical (unpaired) electrons. The number of carbonyl (C=O) groups is 1. The maximum Gasteiger partial charge on any atom is 0.244 e. The first-order valence-electron chi connectivity index (χ1n) is 8.03. The molecule has 5 nitrogen and oxygen atoms in total. The van der Waals surface area contributed by atoms with Crippen molar-refractivity contribution in [2.45, 2.75) is 25.5 Å². The van der Waals surface area contributed by atoms with Gasteiger partial charge in [0.25, 0.3) is 0 Å². The molecule has 1 aromatic carbocycles. The summed E-state index contributed by atoms with van der Waals surface area (Å²) in [5.74, 6) is -0.0186. The van der Waals surface area contributed by atoms with Gasteiger partial charge in [-0.2, -0.15) is 0 Å². The van der Waals surface area contributed by atoms with Gasteiger partial charge < -0.3 is 19.5 Å². The molecule has 122 valence electrons. The molecule has 0 unspecified atom stereocenters. The minimum atomic E-state index is -0.0186. The number of rotatable bonds is 5. The number of hydrogen-bond donors (Lipinski definition) is 1. The number of nitrogens with zero attached hydrogens (tertiary/aromatic N) is 2. The molecule has 1 aromatic heterocycles. The van der Waals surface area contributed by atoms with Crippen LogP contribution in [0.4, 0.5) is 11.4 Å². The molecule has 1 aliphatic heterocycles. The van der Waals surface area contributed by atoms with E-state index >= 15 is 0 Å². The van der Waals surface area contributed by atoms with Crippen LogP contribution in [0, 0.1) is 0 Å². The average Bonchev–Trinajstić information content (AvgIpc) is 3.08. The van der Waals surface area contributed by atoms with Crippen LogP contribution >= 0.6 is 0 Å². The Labute approximate surface area is 136 Å². The summed E-state index contributed by atoms with van der Waals surface area (Å²) in [7, 11) is 1.78. The molecule has 0 atom stereocenters. The average molecular weight is 313 g/mol. The molecule has 2 heterocycles. The van der Waals surface area contributed by atoms with Crippen LogP contribution in [0.25, 0.3) is 0 Å². The Morgan fingerprint density at radius 2 is 1.83 bits per heavy atom. The fourth-order valence-corrected chi connectivity index (χ4v) is 2.95. The quantitative estimate of drug-likeness (QED) is 0.923. The Morgan fingerprint density at radius 3 is 2.43 bits per heavy atom. The largest absolute Gasteiger partial charge is 0.381 e. The second-order valence-corrected chi connectivity index (χ2v) is 5.87. The van der Waals surface area contributed by atoms with Crippen molar-refractivity contribution in [1.29, 1.82) is 0 Å². The number of carbonyl (C=O) groups excluding carboxylic acids is 1. The molecule has 23 heavy (non-hydrogen) atoms. The Hall–Kier alpha value is -2.27. The molecule has 1 aliphatic rings. The van der Waals surface area contributed by atoms with Gasteiger partial charge in [-0.05, 0) is 49.2 Å². The number of aromatic nitrogens is 1. The molecule has 0 bridgehead atoms. The number of nitrogens with one attached hydrogen (secondary N) is 1. The maximum atomic E-state index is 12.0. The molecular formula is C18H23N3O2. The van der Waals surface area contributed by atoms with E-state index in [4.69, 9.17) is 4.74 Å². The molecule has 1 amide bonds. The standard InChI is InChI=1S/C18H23N3O2/c1-23-17-8-12-21(13-9-17)16-6-4-15(5-7-16)19-18(22)14-20-10-2-3-11-20/h2-7,10-11,17H,8-9,12-14H2,1H3,(H,19,22). The summed E-state index contributed by atoms with van der Waals surface area (Å²) in [6, 6.07) is 11.9. The first-order valence-corrected chi connectivity index (χ1v) is 8.03. The lowest BCUT2D eigenvalue weighted by atomic mass is 10.1. The SMILES string of the molecule is COC1CCN(c2ccc(NC(=O)Cn3cccc3)cc2)CC1. The van der Waals surface area contributed by atoms with Crippen LogP contribution in [0.2, 0.25) is 0 Å². The lowest BCUT2D eigenvalue weighted by Crippen LogP contribution is -2.36. The normalized spacial score (nSPS) is 15.6. The van der Waals surface area contributed by atoms with Crippen LogP contribution in [-0.2, 0) is 16.1 Å². The topological polar surface area (TPSA) is 46.5 Å². The van der Waals surface area contributed by atoms with Crippen molar-refractivity contribution in [2.24, 2.45) is 0 Å². The first-order chi connectivity index (χ1) is 11.2. The minimum absolute atomic E-state index is 0.0186. The van der Waals surface area contributed by atoms with Crippen molar-refractivity contribution in [3.8, 4) is 0 Å². The minimum Gasteiger partial charge on any atom is -0.381 e. The Balaban J connectivity index is 1.54. The lowest BCUT2D eigenvalue weighted by molar-refractivity contribution is -0.116. The summed E-state index contributed by atoms with van der Waals surface area (Å²) in [6.07, 6.45) is 6.27. The van der Waals surface area contributed by atoms with Crippen molar-refractivity contribution in [3.05, 3.63) is 48.8 Å². The van der Waals surface area contributed by atoms with Crippen LogP contribution in [0.1, 0.15) is 12.8 Å². The molecule has 0 aliphatic carbocycles. The van der Waals surface area contributed by atoms with E-state index in [1.165, 1.54) is 5.69 Å². The predicted octanol–water partition coefficient (Wildman–Crippen LogP) is 2.74. The Kier molecular flexibility index (Phi) is 4.98. The summed E-state index contributed by atoms with van der Waals surface area (Å²) in [6.45, 7) is 2.36. The first kappa shape index (κ1) is 15.6. The molecule has 1 N–H and O–H groups in total. The van der Waals surface area contributed by atoms with Gasteiger partial charge in [0.2, 0.25) is 5.91 Å². The number of anilines is 2. The molecule has 5 heteroatoms. The zero-order valence-electron chi connectivity index (χ0n) is 13.4. The second kappa shape index (κ2) is 7.33. The van der Waals surface area contributed by atoms with Crippen molar-refractivity contribution >= 4 is 17.3 Å². The summed E-state index contributed by atoms with van der Waals surface area (Å²) in [4.78, 5) is 14.3. The maximum absolute atomic E-state index is 12.0. The van der Waals surface area contributed by atoms with Gasteiger partial charge in [-0.3, -0.25) is 4.79 Å². The van der Waals surface area contributed by atoms with E-state index in [0.29, 0.717) is 12.6 Å². The number of benzene rings is 1. The van der Waals surface area contributed by atoms with Crippen LogP contribution in [0.5, 0.6) is 0 Å². The van der Waals surface area contributed by atoms with Crippen molar-refractivity contribution < 1.29 is 9.53 Å². The van der Waals surface area contributed by atoms with Crippen molar-refractivity contribution in [1.82, 2.24) is 4.57 Å². The third kappa shape index (κ3) is 4.13. The highest BCUT2D eigenvalue weighted by atomic mass is 16.5. The smallest absolute Gasteiger partial charge is 0.244 e. The van der Waals surface area contributed by atoms with E-state index in [-0.39, 0.29) is 5.91 Å². The highest BCUT2D eigenvalue weighted by Crippen LogP contribution is 2.22. The van der Waals surface area contributed by atoms with Gasteiger partial charge >= 0.3 is 0 Å². The van der Waals surface area contributed by atoms with Gasteiger partial charge in [-0.25, -0.2) is 0 Å². The Morgan fingerprint density at radius 1 is 1.17 bits per heavy atom. The van der Waals surface area contributed by atoms with E-state index in [0.717, 1.165) is 31.6 Å². The van der Waals surface area contributed by atoms with Crippen LogP contribution in [-0.4, -0.2) is 36.8 Å². The number of methoxy groups -OCH3 is 1. The summed E-state index contributed by atoms with van der Waals surface area (Å²) < 4.78 is 7.26. The molecule has 1 saturated heterocycles. The predicted molar refractivity (Wildman–Crippen MR) is 91.7 cm³/mol. The van der Waals surface area contributed by atoms with E-state index < -0.39 is 0 Å². The fourth-order valence-electron chi connectivity index (χ4n) is 2.95. The van der Waals surface area contributed by atoms with Gasteiger partial charge in [-0.15, -0.1) is 0 Å². The Bertz CT molecular complexity index is 614. The molecular weight excluding hydrogens is 290 g/mol. The molecule has 0 saturated carbocycles. The number of hydrogen-bond acceptors (Lipinski definition) is 3. The van der Waals surface area contributed by atoms with E-state index in [2.05, 4.69) is 22.3 Å². The van der Waals surface area contributed by atoms with Gasteiger partial charge in [0, 0.05) is 44.0 Å². The molecule has 3 rings (SSSR count). The second-order valence-electron chi connectivity index (χ2n) is 5.87. The van der Waals surface area contributed by atoms with Gasteiger partial charge in [0.05, 0.1) is 6.10 Å². The van der Waals surface area contributed by atoms with Crippen LogP contribution in [0.3, 0.4) is 0 Å². The molecule has 1 fully saturated rings. The summed E-state index contributed by atoms with van der Waals surface area (Å²) in [5.41, 5.74) is 2.03. The van der Waals surface area contributed by atoms with E-state index in [1.54, 1.807) is 7.11 Å². The van der Waals surface area contributed by atoms with Crippen molar-refractivity contribution in [3.63, 3.8) is 0 Å². The molecule has 0 spiro atoms. The molecule has 2 aromatic rings. The monoisotopic (exact) mass is 313 g/mol. The summed E-state index contributed by atoms with van der Waals surface area (Å²) in [5, 5.41) is 2.93. The fraction of sp³-hybridized carbons (Fsp3) is 0.389. The number of ether oxygens (including phenoxy) is 1. The van der Waals surface area contributed by atoms with Crippen molar-refractivity contribution in [2.75, 3.05) is 30.4 Å². The van der Waals surface area contributed by atoms with Crippen LogP contribution in [0.15, 0.2) is 48.8 Å². The zero-order chi connectivity index (χ0) is 16.1.